The largest absolute Gasteiger partial charge is 0.458 e. The number of imidazole rings is 1. The van der Waals surface area contributed by atoms with Gasteiger partial charge in [-0.2, -0.15) is 0 Å². The van der Waals surface area contributed by atoms with Gasteiger partial charge in [-0.25, -0.2) is 4.98 Å². The lowest BCUT2D eigenvalue weighted by atomic mass is 9.78. The van der Waals surface area contributed by atoms with E-state index in [0.29, 0.717) is 0 Å². The summed E-state index contributed by atoms with van der Waals surface area (Å²) in [6.45, 7) is 22.7. The van der Waals surface area contributed by atoms with Gasteiger partial charge in [0.2, 0.25) is 0 Å². The van der Waals surface area contributed by atoms with Crippen LogP contribution in [0.2, 0.25) is 0 Å². The summed E-state index contributed by atoms with van der Waals surface area (Å²) in [6.07, 6.45) is 7.96. The van der Waals surface area contributed by atoms with E-state index < -0.39 is 0 Å². The van der Waals surface area contributed by atoms with Crippen molar-refractivity contribution in [1.82, 2.24) is 14.1 Å². The average Bonchev–Trinajstić information content (AvgIpc) is 3.88. The number of hydrogen-bond acceptors (Lipinski definition) is 2. The molecule has 0 amide bonds. The number of benzene rings is 6. The van der Waals surface area contributed by atoms with Crippen LogP contribution in [0.25, 0.3) is 39.0 Å². The molecule has 0 aliphatic heterocycles. The van der Waals surface area contributed by atoms with E-state index in [1.54, 1.807) is 0 Å². The summed E-state index contributed by atoms with van der Waals surface area (Å²) in [5, 5.41) is 2.33. The second-order valence-electron chi connectivity index (χ2n) is 20.1. The summed E-state index contributed by atoms with van der Waals surface area (Å²) in [7, 11) is 0. The maximum absolute atomic E-state index is 7.03. The van der Waals surface area contributed by atoms with E-state index in [4.69, 9.17) is 9.72 Å². The highest BCUT2D eigenvalue weighted by molar-refractivity contribution is 6.09. The molecule has 3 heterocycles. The fourth-order valence-electron chi connectivity index (χ4n) is 8.85. The molecular weight excluding hydrogens is 769 g/mol. The first kappa shape index (κ1) is 41.6. The van der Waals surface area contributed by atoms with Crippen molar-refractivity contribution in [2.45, 2.75) is 90.9 Å². The number of aromatic nitrogens is 4. The molecule has 5 heteroatoms. The van der Waals surface area contributed by atoms with Crippen LogP contribution >= 0.6 is 0 Å². The molecule has 0 aliphatic carbocycles. The Bertz CT molecular complexity index is 3100. The van der Waals surface area contributed by atoms with E-state index in [1.807, 2.05) is 6.20 Å². The second-order valence-corrected chi connectivity index (χ2v) is 20.1. The van der Waals surface area contributed by atoms with Gasteiger partial charge >= 0.3 is 0 Å². The highest BCUT2D eigenvalue weighted by atomic mass is 16.5. The number of hydrogen-bond donors (Lipinski definition) is 0. The fraction of sp³-hybridized carbons (Fsp3) is 0.241. The molecule has 0 unspecified atom stereocenters. The minimum absolute atomic E-state index is 0.0203. The van der Waals surface area contributed by atoms with E-state index >= 15 is 0 Å². The lowest BCUT2D eigenvalue weighted by Crippen LogP contribution is -2.29. The minimum Gasteiger partial charge on any atom is -0.458 e. The summed E-state index contributed by atoms with van der Waals surface area (Å²) in [6, 6.07) is 56.3. The van der Waals surface area contributed by atoms with Crippen LogP contribution in [0, 0.1) is 6.33 Å². The predicted molar refractivity (Wildman–Crippen MR) is 259 cm³/mol. The van der Waals surface area contributed by atoms with Gasteiger partial charge in [-0.15, -0.1) is 0 Å². The summed E-state index contributed by atoms with van der Waals surface area (Å²) >= 11 is 0. The first-order chi connectivity index (χ1) is 30.0. The smallest absolute Gasteiger partial charge is 0.269 e. The highest BCUT2D eigenvalue weighted by Crippen LogP contribution is 2.40. The third-order valence-corrected chi connectivity index (χ3v) is 12.9. The minimum atomic E-state index is -0.335. The lowest BCUT2D eigenvalue weighted by Gasteiger charge is -2.28. The second kappa shape index (κ2) is 15.6. The van der Waals surface area contributed by atoms with E-state index in [2.05, 4.69) is 253 Å². The Balaban J connectivity index is 1.19. The van der Waals surface area contributed by atoms with Crippen LogP contribution < -0.4 is 9.30 Å². The Morgan fingerprint density at radius 3 is 1.81 bits per heavy atom. The van der Waals surface area contributed by atoms with E-state index in [0.717, 1.165) is 56.4 Å². The standard InChI is InChI=1S/C58H58N4O/c1-55(2,3)42-30-31-59-54(35-42)62-51-27-18-17-26-49(51)50-29-28-47(37-52(50)62)63-48-34-44(58(9,10)41-22-15-12-16-23-41)33-46(36-48)61-39-60(38-53(61)56(4,5)6)45-25-19-24-43(32-45)57(7,8)40-20-13-11-14-21-40/h11-38H,1-10H3. The van der Waals surface area contributed by atoms with Crippen molar-refractivity contribution in [3.8, 4) is 28.7 Å². The molecule has 0 fully saturated rings. The van der Waals surface area contributed by atoms with Crippen LogP contribution in [0.3, 0.4) is 0 Å². The Labute approximate surface area is 373 Å². The van der Waals surface area contributed by atoms with E-state index in [1.165, 1.54) is 27.6 Å². The third kappa shape index (κ3) is 7.86. The Kier molecular flexibility index (Phi) is 10.3. The van der Waals surface area contributed by atoms with Crippen LogP contribution in [0.1, 0.15) is 103 Å². The van der Waals surface area contributed by atoms with Gasteiger partial charge in [0.1, 0.15) is 17.3 Å². The quantitative estimate of drug-likeness (QED) is 0.107. The molecule has 0 spiro atoms. The maximum Gasteiger partial charge on any atom is 0.269 e. The molecule has 0 aliphatic rings. The zero-order chi connectivity index (χ0) is 44.3. The van der Waals surface area contributed by atoms with Gasteiger partial charge in [0.05, 0.1) is 28.1 Å². The van der Waals surface area contributed by atoms with E-state index in [-0.39, 0.29) is 21.7 Å². The van der Waals surface area contributed by atoms with Crippen molar-refractivity contribution in [1.29, 1.82) is 0 Å². The van der Waals surface area contributed by atoms with Gasteiger partial charge in [-0.1, -0.05) is 160 Å². The van der Waals surface area contributed by atoms with Gasteiger partial charge in [-0.3, -0.25) is 13.7 Å². The van der Waals surface area contributed by atoms with Gasteiger partial charge in [0, 0.05) is 40.1 Å². The molecule has 5 nitrogen and oxygen atoms in total. The average molecular weight is 827 g/mol. The molecule has 6 aromatic carbocycles. The Hall–Kier alpha value is -6.72. The SMILES string of the molecule is CC(C)(C)c1ccnc(-n2c3ccccc3c3ccc(Oc4cc(-n5[c-][n+](-c6cccc(C(C)(C)c7ccccc7)c6)cc5C(C)(C)C)cc(C(C)(C)c5ccccc5)c4)cc32)c1. The Morgan fingerprint density at radius 1 is 0.492 bits per heavy atom. The number of ether oxygens (including phenoxy) is 1. The van der Waals surface area contributed by atoms with Crippen LogP contribution in [0.5, 0.6) is 11.5 Å². The molecule has 0 bridgehead atoms. The zero-order valence-electron chi connectivity index (χ0n) is 38.4. The zero-order valence-corrected chi connectivity index (χ0v) is 38.4. The maximum atomic E-state index is 7.03. The van der Waals surface area contributed by atoms with Crippen molar-refractivity contribution in [3.05, 3.63) is 210 Å². The molecular formula is C58H58N4O. The van der Waals surface area contributed by atoms with Gasteiger partial charge in [0.25, 0.3) is 6.33 Å². The molecule has 316 valence electrons. The van der Waals surface area contributed by atoms with Crippen molar-refractivity contribution in [2.75, 3.05) is 0 Å². The monoisotopic (exact) mass is 826 g/mol. The number of para-hydroxylation sites is 1. The van der Waals surface area contributed by atoms with Gasteiger partial charge in [-0.05, 0) is 99.3 Å². The number of rotatable bonds is 9. The number of nitrogens with zero attached hydrogens (tertiary/aromatic N) is 4. The van der Waals surface area contributed by atoms with Crippen molar-refractivity contribution in [2.24, 2.45) is 0 Å². The molecule has 0 radical (unpaired) electrons. The first-order valence-corrected chi connectivity index (χ1v) is 22.1. The lowest BCUT2D eigenvalue weighted by molar-refractivity contribution is -0.599. The van der Waals surface area contributed by atoms with Crippen molar-refractivity contribution in [3.63, 3.8) is 0 Å². The van der Waals surface area contributed by atoms with Crippen LogP contribution in [0.15, 0.2) is 170 Å². The summed E-state index contributed by atoms with van der Waals surface area (Å²) < 4.78 is 13.7. The van der Waals surface area contributed by atoms with Crippen LogP contribution in [-0.4, -0.2) is 14.1 Å². The molecule has 0 atom stereocenters. The molecule has 9 rings (SSSR count). The van der Waals surface area contributed by atoms with Gasteiger partial charge < -0.3 is 4.74 Å². The third-order valence-electron chi connectivity index (χ3n) is 12.9. The van der Waals surface area contributed by atoms with E-state index in [9.17, 15) is 0 Å². The molecule has 9 aromatic rings. The van der Waals surface area contributed by atoms with Crippen LogP contribution in [-0.2, 0) is 21.7 Å². The molecule has 63 heavy (non-hydrogen) atoms. The Morgan fingerprint density at radius 2 is 1.13 bits per heavy atom. The molecule has 0 N–H and O–H groups in total. The normalized spacial score (nSPS) is 12.6. The molecule has 3 aromatic heterocycles. The van der Waals surface area contributed by atoms with Gasteiger partial charge in [0.15, 0.2) is 0 Å². The summed E-state index contributed by atoms with van der Waals surface area (Å²) in [5.74, 6) is 2.39. The van der Waals surface area contributed by atoms with Crippen molar-refractivity contribution < 1.29 is 9.30 Å². The first-order valence-electron chi connectivity index (χ1n) is 22.1. The number of pyridine rings is 1. The highest BCUT2D eigenvalue weighted by Gasteiger charge is 2.28. The predicted octanol–water partition coefficient (Wildman–Crippen LogP) is 14.1. The summed E-state index contributed by atoms with van der Waals surface area (Å²) in [4.78, 5) is 4.92. The topological polar surface area (TPSA) is 35.9 Å². The number of fused-ring (bicyclic) bond motifs is 3. The molecule has 0 saturated heterocycles. The summed E-state index contributed by atoms with van der Waals surface area (Å²) in [5.41, 5.74) is 10.7. The molecule has 0 saturated carbocycles. The van der Waals surface area contributed by atoms with Crippen molar-refractivity contribution >= 4 is 21.8 Å². The van der Waals surface area contributed by atoms with Crippen LogP contribution in [0.4, 0.5) is 0 Å². The fourth-order valence-corrected chi connectivity index (χ4v) is 8.85.